The van der Waals surface area contributed by atoms with Gasteiger partial charge in [0.25, 0.3) is 0 Å². The SMILES string of the molecule is CCCc1ccc(C#CC2CCC([C@H]3CC[C@H](CC)CC3)CC2)cc1. The summed E-state index contributed by atoms with van der Waals surface area (Å²) in [5.41, 5.74) is 2.63. The predicted molar refractivity (Wildman–Crippen MR) is 109 cm³/mol. The lowest BCUT2D eigenvalue weighted by atomic mass is 9.69. The summed E-state index contributed by atoms with van der Waals surface area (Å²) in [4.78, 5) is 0. The highest BCUT2D eigenvalue weighted by molar-refractivity contribution is 5.36. The molecule has 0 aromatic heterocycles. The van der Waals surface area contributed by atoms with Crippen molar-refractivity contribution in [1.82, 2.24) is 0 Å². The summed E-state index contributed by atoms with van der Waals surface area (Å²) in [6.07, 6.45) is 15.3. The topological polar surface area (TPSA) is 0 Å². The molecule has 136 valence electrons. The molecule has 0 bridgehead atoms. The highest BCUT2D eigenvalue weighted by Crippen LogP contribution is 2.41. The fourth-order valence-electron chi connectivity index (χ4n) is 5.03. The van der Waals surface area contributed by atoms with E-state index in [9.17, 15) is 0 Å². The first kappa shape index (κ1) is 18.6. The van der Waals surface area contributed by atoms with Crippen LogP contribution in [0.15, 0.2) is 24.3 Å². The maximum Gasteiger partial charge on any atom is 0.0245 e. The summed E-state index contributed by atoms with van der Waals surface area (Å²) >= 11 is 0. The number of benzene rings is 1. The van der Waals surface area contributed by atoms with Crippen LogP contribution in [0.2, 0.25) is 0 Å². The average molecular weight is 337 g/mol. The van der Waals surface area contributed by atoms with Crippen molar-refractivity contribution in [3.05, 3.63) is 35.4 Å². The summed E-state index contributed by atoms with van der Waals surface area (Å²) < 4.78 is 0. The molecular weight excluding hydrogens is 300 g/mol. The second-order valence-electron chi connectivity index (χ2n) is 8.52. The van der Waals surface area contributed by atoms with Crippen molar-refractivity contribution in [3.63, 3.8) is 0 Å². The minimum atomic E-state index is 0.638. The zero-order valence-electron chi connectivity index (χ0n) is 16.4. The van der Waals surface area contributed by atoms with Crippen molar-refractivity contribution in [2.24, 2.45) is 23.7 Å². The molecule has 25 heavy (non-hydrogen) atoms. The lowest BCUT2D eigenvalue weighted by molar-refractivity contribution is 0.156. The van der Waals surface area contributed by atoms with Gasteiger partial charge in [-0.25, -0.2) is 0 Å². The van der Waals surface area contributed by atoms with E-state index in [4.69, 9.17) is 0 Å². The minimum absolute atomic E-state index is 0.638. The Morgan fingerprint density at radius 3 is 1.96 bits per heavy atom. The third kappa shape index (κ3) is 5.37. The van der Waals surface area contributed by atoms with Crippen LogP contribution in [0.4, 0.5) is 0 Å². The van der Waals surface area contributed by atoms with Gasteiger partial charge in [-0.15, -0.1) is 0 Å². The van der Waals surface area contributed by atoms with Gasteiger partial charge in [-0.3, -0.25) is 0 Å². The molecule has 2 fully saturated rings. The standard InChI is InChI=1S/C25H36/c1-3-5-21-6-8-22(9-7-21)10-11-23-14-18-25(19-15-23)24-16-12-20(4-2)13-17-24/h6-9,20,23-25H,3-5,12-19H2,1-2H3/t20-,23?,24-,25?. The smallest absolute Gasteiger partial charge is 0.0245 e. The summed E-state index contributed by atoms with van der Waals surface area (Å²) in [5, 5.41) is 0. The van der Waals surface area contributed by atoms with E-state index >= 15 is 0 Å². The summed E-state index contributed by atoms with van der Waals surface area (Å²) in [7, 11) is 0. The number of hydrogen-bond acceptors (Lipinski definition) is 0. The van der Waals surface area contributed by atoms with E-state index in [1.165, 1.54) is 81.8 Å². The van der Waals surface area contributed by atoms with Gasteiger partial charge in [0.15, 0.2) is 0 Å². The van der Waals surface area contributed by atoms with Gasteiger partial charge in [0.1, 0.15) is 0 Å². The molecule has 0 N–H and O–H groups in total. The monoisotopic (exact) mass is 336 g/mol. The van der Waals surface area contributed by atoms with Gasteiger partial charge in [0.05, 0.1) is 0 Å². The van der Waals surface area contributed by atoms with Gasteiger partial charge in [0.2, 0.25) is 0 Å². The van der Waals surface area contributed by atoms with Crippen LogP contribution in [-0.4, -0.2) is 0 Å². The molecule has 2 saturated carbocycles. The summed E-state index contributed by atoms with van der Waals surface area (Å²) in [5.74, 6) is 10.7. The maximum atomic E-state index is 3.58. The number of rotatable bonds is 4. The second-order valence-corrected chi connectivity index (χ2v) is 8.52. The van der Waals surface area contributed by atoms with Gasteiger partial charge in [-0.1, -0.05) is 63.5 Å². The van der Waals surface area contributed by atoms with Crippen LogP contribution in [0.1, 0.15) is 89.2 Å². The van der Waals surface area contributed by atoms with Gasteiger partial charge >= 0.3 is 0 Å². The summed E-state index contributed by atoms with van der Waals surface area (Å²) in [6.45, 7) is 4.60. The molecule has 0 saturated heterocycles. The third-order valence-electron chi connectivity index (χ3n) is 6.82. The van der Waals surface area contributed by atoms with Crippen molar-refractivity contribution in [2.45, 2.75) is 84.5 Å². The number of hydrogen-bond donors (Lipinski definition) is 0. The van der Waals surface area contributed by atoms with E-state index in [-0.39, 0.29) is 0 Å². The average Bonchev–Trinajstić information content (AvgIpc) is 2.68. The molecule has 0 radical (unpaired) electrons. The molecule has 0 amide bonds. The molecule has 0 aliphatic heterocycles. The van der Waals surface area contributed by atoms with Crippen LogP contribution >= 0.6 is 0 Å². The van der Waals surface area contributed by atoms with Crippen molar-refractivity contribution in [1.29, 1.82) is 0 Å². The Morgan fingerprint density at radius 1 is 0.800 bits per heavy atom. The van der Waals surface area contributed by atoms with Crippen molar-refractivity contribution < 1.29 is 0 Å². The zero-order valence-corrected chi connectivity index (χ0v) is 16.4. The van der Waals surface area contributed by atoms with Gasteiger partial charge in [0, 0.05) is 11.5 Å². The van der Waals surface area contributed by atoms with Gasteiger partial charge in [-0.05, 0) is 80.4 Å². The Kier molecular flexibility index (Phi) is 7.03. The normalized spacial score (nSPS) is 29.7. The molecule has 0 heteroatoms. The third-order valence-corrected chi connectivity index (χ3v) is 6.82. The van der Waals surface area contributed by atoms with E-state index in [1.807, 2.05) is 0 Å². The zero-order chi connectivity index (χ0) is 17.5. The Labute approximate surface area is 155 Å². The van der Waals surface area contributed by atoms with E-state index in [1.54, 1.807) is 0 Å². The van der Waals surface area contributed by atoms with E-state index < -0.39 is 0 Å². The molecule has 0 spiro atoms. The molecule has 2 aliphatic carbocycles. The molecule has 0 nitrogen and oxygen atoms in total. The quantitative estimate of drug-likeness (QED) is 0.518. The Balaban J connectivity index is 1.45. The van der Waals surface area contributed by atoms with E-state index in [0.29, 0.717) is 5.92 Å². The van der Waals surface area contributed by atoms with Crippen LogP contribution in [-0.2, 0) is 6.42 Å². The highest BCUT2D eigenvalue weighted by atomic mass is 14.3. The summed E-state index contributed by atoms with van der Waals surface area (Å²) in [6, 6.07) is 8.90. The van der Waals surface area contributed by atoms with Gasteiger partial charge in [-0.2, -0.15) is 0 Å². The molecule has 2 aliphatic rings. The first-order valence-electron chi connectivity index (χ1n) is 10.9. The van der Waals surface area contributed by atoms with Crippen LogP contribution in [0.5, 0.6) is 0 Å². The van der Waals surface area contributed by atoms with Crippen LogP contribution in [0.3, 0.4) is 0 Å². The minimum Gasteiger partial charge on any atom is -0.0945 e. The molecule has 0 heterocycles. The van der Waals surface area contributed by atoms with E-state index in [2.05, 4.69) is 50.0 Å². The molecular formula is C25H36. The lowest BCUT2D eigenvalue weighted by Crippen LogP contribution is -2.25. The molecule has 3 rings (SSSR count). The Morgan fingerprint density at radius 2 is 1.40 bits per heavy atom. The van der Waals surface area contributed by atoms with Gasteiger partial charge < -0.3 is 0 Å². The van der Waals surface area contributed by atoms with Crippen molar-refractivity contribution in [2.75, 3.05) is 0 Å². The first-order chi connectivity index (χ1) is 12.3. The van der Waals surface area contributed by atoms with Crippen LogP contribution < -0.4 is 0 Å². The first-order valence-corrected chi connectivity index (χ1v) is 10.9. The highest BCUT2D eigenvalue weighted by Gasteiger charge is 2.29. The molecule has 1 aromatic carbocycles. The van der Waals surface area contributed by atoms with Crippen LogP contribution in [0.25, 0.3) is 0 Å². The fraction of sp³-hybridized carbons (Fsp3) is 0.680. The van der Waals surface area contributed by atoms with Crippen LogP contribution in [0, 0.1) is 35.5 Å². The second kappa shape index (κ2) is 9.47. The molecule has 1 aromatic rings. The molecule has 0 atom stereocenters. The Bertz CT molecular complexity index is 554. The van der Waals surface area contributed by atoms with Crippen molar-refractivity contribution in [3.8, 4) is 11.8 Å². The largest absolute Gasteiger partial charge is 0.0945 e. The maximum absolute atomic E-state index is 3.58. The lowest BCUT2D eigenvalue weighted by Gasteiger charge is -2.36. The predicted octanol–water partition coefficient (Wildman–Crippen LogP) is 7.01. The Hall–Kier alpha value is -1.22. The van der Waals surface area contributed by atoms with E-state index in [0.717, 1.165) is 17.8 Å². The number of aryl methyl sites for hydroxylation is 1. The van der Waals surface area contributed by atoms with Crippen molar-refractivity contribution >= 4 is 0 Å². The fourth-order valence-corrected chi connectivity index (χ4v) is 5.03. The molecule has 0 unspecified atom stereocenters.